The number of pyridine rings is 1. The van der Waals surface area contributed by atoms with Crippen LogP contribution in [0.2, 0.25) is 0 Å². The normalized spacial score (nSPS) is 13.3. The van der Waals surface area contributed by atoms with Crippen molar-refractivity contribution in [1.82, 2.24) is 20.1 Å². The summed E-state index contributed by atoms with van der Waals surface area (Å²) < 4.78 is 1.82. The average molecular weight is 346 g/mol. The van der Waals surface area contributed by atoms with Gasteiger partial charge in [0.15, 0.2) is 5.65 Å². The van der Waals surface area contributed by atoms with E-state index >= 15 is 0 Å². The van der Waals surface area contributed by atoms with E-state index in [4.69, 9.17) is 10.1 Å². The second-order valence-corrected chi connectivity index (χ2v) is 7.65. The van der Waals surface area contributed by atoms with E-state index < -0.39 is 17.9 Å². The van der Waals surface area contributed by atoms with Gasteiger partial charge in [-0.2, -0.15) is 5.10 Å². The predicted molar refractivity (Wildman–Crippen MR) is 95.9 cm³/mol. The van der Waals surface area contributed by atoms with Crippen LogP contribution in [0.1, 0.15) is 69.2 Å². The van der Waals surface area contributed by atoms with Crippen LogP contribution in [0.15, 0.2) is 6.07 Å². The molecular weight excluding hydrogens is 320 g/mol. The van der Waals surface area contributed by atoms with Gasteiger partial charge in [-0.15, -0.1) is 0 Å². The average Bonchev–Trinajstić information content (AvgIpc) is 2.83. The van der Waals surface area contributed by atoms with E-state index in [1.807, 2.05) is 46.2 Å². The Morgan fingerprint density at radius 2 is 1.84 bits per heavy atom. The molecule has 2 N–H and O–H groups in total. The van der Waals surface area contributed by atoms with Gasteiger partial charge >= 0.3 is 5.97 Å². The highest BCUT2D eigenvalue weighted by atomic mass is 16.4. The number of nitrogens with one attached hydrogen (secondary N) is 1. The fraction of sp³-hybridized carbons (Fsp3) is 0.556. The molecule has 2 aromatic heterocycles. The number of fused-ring (bicyclic) bond motifs is 1. The maximum atomic E-state index is 12.7. The number of carboxylic acid groups (broad SMARTS) is 1. The Balaban J connectivity index is 2.72. The van der Waals surface area contributed by atoms with Crippen LogP contribution in [0.3, 0.4) is 0 Å². The van der Waals surface area contributed by atoms with Crippen LogP contribution in [0.5, 0.6) is 0 Å². The van der Waals surface area contributed by atoms with Crippen LogP contribution in [0.4, 0.5) is 0 Å². The second-order valence-electron chi connectivity index (χ2n) is 7.65. The maximum absolute atomic E-state index is 12.7. The van der Waals surface area contributed by atoms with Gasteiger partial charge in [0, 0.05) is 5.69 Å². The molecule has 25 heavy (non-hydrogen) atoms. The Kier molecular flexibility index (Phi) is 4.88. The molecule has 0 spiro atoms. The van der Waals surface area contributed by atoms with E-state index in [0.29, 0.717) is 22.3 Å². The van der Waals surface area contributed by atoms with Gasteiger partial charge in [0.1, 0.15) is 6.04 Å². The molecular formula is C18H26N4O3. The van der Waals surface area contributed by atoms with Crippen LogP contribution < -0.4 is 5.32 Å². The molecule has 0 bridgehead atoms. The molecule has 0 saturated heterocycles. The van der Waals surface area contributed by atoms with Crippen molar-refractivity contribution in [3.05, 3.63) is 23.0 Å². The second kappa shape index (κ2) is 6.46. The van der Waals surface area contributed by atoms with Crippen molar-refractivity contribution in [2.45, 2.75) is 66.0 Å². The summed E-state index contributed by atoms with van der Waals surface area (Å²) in [7, 11) is 0. The number of carboxylic acids is 1. The first kappa shape index (κ1) is 18.9. The number of amides is 1. The number of carbonyl (C=O) groups is 2. The predicted octanol–water partition coefficient (Wildman–Crippen LogP) is 2.82. The van der Waals surface area contributed by atoms with Crippen molar-refractivity contribution in [2.75, 3.05) is 0 Å². The van der Waals surface area contributed by atoms with Gasteiger partial charge in [0.25, 0.3) is 5.91 Å². The van der Waals surface area contributed by atoms with Gasteiger partial charge in [-0.3, -0.25) is 9.59 Å². The molecule has 0 aromatic carbocycles. The fourth-order valence-electron chi connectivity index (χ4n) is 2.59. The smallest absolute Gasteiger partial charge is 0.325 e. The monoisotopic (exact) mass is 346 g/mol. The van der Waals surface area contributed by atoms with E-state index in [0.717, 1.165) is 5.69 Å². The third-order valence-electron chi connectivity index (χ3n) is 4.02. The van der Waals surface area contributed by atoms with Crippen LogP contribution >= 0.6 is 0 Å². The molecule has 2 aromatic rings. The summed E-state index contributed by atoms with van der Waals surface area (Å²) in [5.41, 5.74) is 2.23. The molecule has 0 aliphatic carbocycles. The lowest BCUT2D eigenvalue weighted by molar-refractivity contribution is -0.138. The minimum absolute atomic E-state index is 0.122. The van der Waals surface area contributed by atoms with Crippen LogP contribution in [0, 0.1) is 6.92 Å². The lowest BCUT2D eigenvalue weighted by atomic mass is 10.0. The lowest BCUT2D eigenvalue weighted by Gasteiger charge is -2.20. The highest BCUT2D eigenvalue weighted by Crippen LogP contribution is 2.28. The summed E-state index contributed by atoms with van der Waals surface area (Å²) in [4.78, 5) is 28.5. The van der Waals surface area contributed by atoms with Crippen molar-refractivity contribution < 1.29 is 14.7 Å². The molecule has 136 valence electrons. The molecule has 0 radical (unpaired) electrons. The largest absolute Gasteiger partial charge is 0.480 e. The van der Waals surface area contributed by atoms with Gasteiger partial charge < -0.3 is 10.4 Å². The topological polar surface area (TPSA) is 97.1 Å². The van der Waals surface area contributed by atoms with Crippen molar-refractivity contribution in [1.29, 1.82) is 0 Å². The molecule has 2 rings (SSSR count). The summed E-state index contributed by atoms with van der Waals surface area (Å²) >= 11 is 0. The summed E-state index contributed by atoms with van der Waals surface area (Å²) in [6.45, 7) is 13.3. The lowest BCUT2D eigenvalue weighted by Crippen LogP contribution is -2.38. The quantitative estimate of drug-likeness (QED) is 0.887. The SMILES string of the molecule is Cc1nn(C(C)(C)C)c2nc(C(C)C)cc(C(=O)NC(C)C(=O)O)c12. The van der Waals surface area contributed by atoms with E-state index in [2.05, 4.69) is 10.4 Å². The number of hydrogen-bond acceptors (Lipinski definition) is 4. The van der Waals surface area contributed by atoms with Crippen molar-refractivity contribution in [3.8, 4) is 0 Å². The minimum atomic E-state index is -1.08. The van der Waals surface area contributed by atoms with Crippen LogP contribution in [-0.4, -0.2) is 37.8 Å². The molecule has 1 unspecified atom stereocenters. The molecule has 0 saturated carbocycles. The van der Waals surface area contributed by atoms with Crippen LogP contribution in [-0.2, 0) is 10.3 Å². The van der Waals surface area contributed by atoms with Gasteiger partial charge in [-0.25, -0.2) is 9.67 Å². The molecule has 0 aliphatic rings. The summed E-state index contributed by atoms with van der Waals surface area (Å²) in [6, 6.07) is 0.759. The number of aliphatic carboxylic acids is 1. The number of aryl methyl sites for hydroxylation is 1. The Hall–Kier alpha value is -2.44. The molecule has 2 heterocycles. The Morgan fingerprint density at radius 3 is 2.32 bits per heavy atom. The Labute approximate surface area is 147 Å². The van der Waals surface area contributed by atoms with Gasteiger partial charge in [0.2, 0.25) is 0 Å². The van der Waals surface area contributed by atoms with Crippen molar-refractivity contribution in [3.63, 3.8) is 0 Å². The number of carbonyl (C=O) groups excluding carboxylic acids is 1. The van der Waals surface area contributed by atoms with E-state index in [1.165, 1.54) is 6.92 Å². The minimum Gasteiger partial charge on any atom is -0.480 e. The van der Waals surface area contributed by atoms with Crippen molar-refractivity contribution >= 4 is 22.9 Å². The zero-order chi connectivity index (χ0) is 19.1. The van der Waals surface area contributed by atoms with E-state index in [-0.39, 0.29) is 11.5 Å². The van der Waals surface area contributed by atoms with Crippen molar-refractivity contribution in [2.24, 2.45) is 0 Å². The molecule has 1 atom stereocenters. The fourth-order valence-corrected chi connectivity index (χ4v) is 2.59. The highest BCUT2D eigenvalue weighted by Gasteiger charge is 2.26. The zero-order valence-electron chi connectivity index (χ0n) is 15.8. The zero-order valence-corrected chi connectivity index (χ0v) is 15.8. The van der Waals surface area contributed by atoms with Gasteiger partial charge in [-0.1, -0.05) is 13.8 Å². The molecule has 7 nitrogen and oxygen atoms in total. The molecule has 0 aliphatic heterocycles. The first-order valence-corrected chi connectivity index (χ1v) is 8.38. The third-order valence-corrected chi connectivity index (χ3v) is 4.02. The highest BCUT2D eigenvalue weighted by molar-refractivity contribution is 6.07. The first-order chi connectivity index (χ1) is 11.4. The van der Waals surface area contributed by atoms with Crippen LogP contribution in [0.25, 0.3) is 11.0 Å². The number of hydrogen-bond donors (Lipinski definition) is 2. The van der Waals surface area contributed by atoms with E-state index in [1.54, 1.807) is 6.07 Å². The van der Waals surface area contributed by atoms with E-state index in [9.17, 15) is 9.59 Å². The molecule has 7 heteroatoms. The number of nitrogens with zero attached hydrogens (tertiary/aromatic N) is 3. The first-order valence-electron chi connectivity index (χ1n) is 8.38. The summed E-state index contributed by atoms with van der Waals surface area (Å²) in [6.07, 6.45) is 0. The number of aromatic nitrogens is 3. The third kappa shape index (κ3) is 3.65. The summed E-state index contributed by atoms with van der Waals surface area (Å²) in [5, 5.41) is 16.8. The molecule has 0 fully saturated rings. The maximum Gasteiger partial charge on any atom is 0.325 e. The standard InChI is InChI=1S/C18H26N4O3/c1-9(2)13-8-12(16(23)19-11(4)17(24)25)14-10(3)21-22(15(14)20-13)18(5,6)7/h8-9,11H,1-7H3,(H,19,23)(H,24,25). The molecule has 1 amide bonds. The Bertz CT molecular complexity index is 831. The van der Waals surface area contributed by atoms with Gasteiger partial charge in [0.05, 0.1) is 22.2 Å². The Morgan fingerprint density at radius 1 is 1.24 bits per heavy atom. The van der Waals surface area contributed by atoms with Gasteiger partial charge in [-0.05, 0) is 46.6 Å². The number of rotatable bonds is 4. The summed E-state index contributed by atoms with van der Waals surface area (Å²) in [5.74, 6) is -1.39.